The minimum absolute atomic E-state index is 0.325. The normalized spacial score (nSPS) is 12.9. The average Bonchev–Trinajstić information content (AvgIpc) is 2.22. The largest absolute Gasteiger partial charge is 0.496 e. The molecule has 0 bridgehead atoms. The van der Waals surface area contributed by atoms with Gasteiger partial charge in [0.25, 0.3) is 0 Å². The summed E-state index contributed by atoms with van der Waals surface area (Å²) in [4.78, 5) is 4.39. The first-order valence-corrected chi connectivity index (χ1v) is 6.12. The maximum Gasteiger partial charge on any atom is 0.128 e. The number of ether oxygens (including phenoxy) is 1. The molecule has 1 rings (SSSR count). The minimum Gasteiger partial charge on any atom is -0.496 e. The van der Waals surface area contributed by atoms with E-state index in [-0.39, 0.29) is 6.10 Å². The Bertz CT molecular complexity index is 375. The van der Waals surface area contributed by atoms with Crippen molar-refractivity contribution in [3.63, 3.8) is 0 Å². The van der Waals surface area contributed by atoms with Crippen LogP contribution >= 0.6 is 0 Å². The van der Waals surface area contributed by atoms with Gasteiger partial charge in [0.1, 0.15) is 5.75 Å². The van der Waals surface area contributed by atoms with Gasteiger partial charge >= 0.3 is 0 Å². The third kappa shape index (κ3) is 3.70. The lowest BCUT2D eigenvalue weighted by Crippen LogP contribution is -2.15. The summed E-state index contributed by atoms with van der Waals surface area (Å²) < 4.78 is 5.36. The third-order valence-corrected chi connectivity index (χ3v) is 2.92. The Kier molecular flexibility index (Phi) is 4.94. The van der Waals surface area contributed by atoms with Gasteiger partial charge < -0.3 is 9.84 Å². The highest BCUT2D eigenvalue weighted by molar-refractivity contribution is 5.41. The van der Waals surface area contributed by atoms with E-state index in [1.165, 1.54) is 0 Å². The predicted octanol–water partition coefficient (Wildman–Crippen LogP) is 2.66. The van der Waals surface area contributed by atoms with Gasteiger partial charge in [-0.3, -0.25) is 4.98 Å². The van der Waals surface area contributed by atoms with E-state index >= 15 is 0 Å². The van der Waals surface area contributed by atoms with E-state index < -0.39 is 0 Å². The van der Waals surface area contributed by atoms with E-state index in [0.717, 1.165) is 29.0 Å². The van der Waals surface area contributed by atoms with Crippen LogP contribution < -0.4 is 4.74 Å². The van der Waals surface area contributed by atoms with Gasteiger partial charge in [0.05, 0.1) is 13.2 Å². The number of methoxy groups -OCH3 is 1. The van der Waals surface area contributed by atoms with Crippen LogP contribution in [0.2, 0.25) is 0 Å². The molecule has 1 aromatic rings. The zero-order valence-corrected chi connectivity index (χ0v) is 11.4. The molecule has 1 aromatic heterocycles. The first-order chi connectivity index (χ1) is 7.95. The maximum atomic E-state index is 9.95. The number of hydrogen-bond acceptors (Lipinski definition) is 3. The van der Waals surface area contributed by atoms with Gasteiger partial charge in [-0.15, -0.1) is 0 Å². The first kappa shape index (κ1) is 14.0. The number of aliphatic hydroxyl groups excluding tert-OH is 1. The van der Waals surface area contributed by atoms with Crippen molar-refractivity contribution in [2.45, 2.75) is 46.6 Å². The van der Waals surface area contributed by atoms with Gasteiger partial charge in [0.2, 0.25) is 0 Å². The number of aromatic nitrogens is 1. The molecule has 0 aromatic carbocycles. The van der Waals surface area contributed by atoms with Crippen LogP contribution in [0.1, 0.15) is 37.1 Å². The molecule has 0 aliphatic rings. The summed E-state index contributed by atoms with van der Waals surface area (Å²) in [6.45, 7) is 8.20. The molecule has 0 aliphatic heterocycles. The molecule has 3 heteroatoms. The van der Waals surface area contributed by atoms with E-state index in [1.807, 2.05) is 20.0 Å². The van der Waals surface area contributed by atoms with Crippen molar-refractivity contribution >= 4 is 0 Å². The highest BCUT2D eigenvalue weighted by atomic mass is 16.5. The van der Waals surface area contributed by atoms with Crippen LogP contribution in [0.25, 0.3) is 0 Å². The Morgan fingerprint density at radius 1 is 1.35 bits per heavy atom. The van der Waals surface area contributed by atoms with Gasteiger partial charge in [0, 0.05) is 29.4 Å². The van der Waals surface area contributed by atoms with E-state index in [1.54, 1.807) is 7.11 Å². The highest BCUT2D eigenvalue weighted by Gasteiger charge is 2.14. The van der Waals surface area contributed by atoms with Gasteiger partial charge in [-0.25, -0.2) is 0 Å². The topological polar surface area (TPSA) is 42.4 Å². The van der Waals surface area contributed by atoms with Gasteiger partial charge in [0.15, 0.2) is 0 Å². The van der Waals surface area contributed by atoms with Crippen LogP contribution in [-0.2, 0) is 6.42 Å². The van der Waals surface area contributed by atoms with Crippen LogP contribution in [0.3, 0.4) is 0 Å². The summed E-state index contributed by atoms with van der Waals surface area (Å²) in [7, 11) is 1.67. The van der Waals surface area contributed by atoms with Gasteiger partial charge in [-0.2, -0.15) is 0 Å². The standard InChI is InChI=1S/C14H23NO2/c1-9(2)6-12(16)7-13-11(4)14(17-5)10(3)8-15-13/h8-9,12,16H,6-7H2,1-5H3. The lowest BCUT2D eigenvalue weighted by Gasteiger charge is -2.16. The van der Waals surface area contributed by atoms with E-state index in [9.17, 15) is 5.11 Å². The van der Waals surface area contributed by atoms with Crippen molar-refractivity contribution in [3.8, 4) is 5.75 Å². The zero-order valence-electron chi connectivity index (χ0n) is 11.4. The summed E-state index contributed by atoms with van der Waals surface area (Å²) in [6.07, 6.45) is 2.88. The van der Waals surface area contributed by atoms with Crippen LogP contribution in [0.5, 0.6) is 5.75 Å². The van der Waals surface area contributed by atoms with Crippen molar-refractivity contribution in [1.29, 1.82) is 0 Å². The Balaban J connectivity index is 2.85. The number of aryl methyl sites for hydroxylation is 1. The number of rotatable bonds is 5. The molecular weight excluding hydrogens is 214 g/mol. The van der Waals surface area contributed by atoms with Crippen LogP contribution in [0.15, 0.2) is 6.20 Å². The number of pyridine rings is 1. The summed E-state index contributed by atoms with van der Waals surface area (Å²) in [6, 6.07) is 0. The Hall–Kier alpha value is -1.09. The Morgan fingerprint density at radius 3 is 2.53 bits per heavy atom. The summed E-state index contributed by atoms with van der Waals surface area (Å²) in [5.74, 6) is 1.38. The average molecular weight is 237 g/mol. The third-order valence-electron chi connectivity index (χ3n) is 2.92. The molecule has 17 heavy (non-hydrogen) atoms. The zero-order chi connectivity index (χ0) is 13.0. The van der Waals surface area contributed by atoms with Crippen LogP contribution in [0, 0.1) is 19.8 Å². The predicted molar refractivity (Wildman–Crippen MR) is 69.4 cm³/mol. The summed E-state index contributed by atoms with van der Waals surface area (Å²) >= 11 is 0. The van der Waals surface area contributed by atoms with Crippen molar-refractivity contribution in [1.82, 2.24) is 4.98 Å². The molecule has 96 valence electrons. The molecular formula is C14H23NO2. The van der Waals surface area contributed by atoms with Crippen LogP contribution in [0.4, 0.5) is 0 Å². The molecule has 0 amide bonds. The van der Waals surface area contributed by atoms with Crippen molar-refractivity contribution in [2.24, 2.45) is 5.92 Å². The summed E-state index contributed by atoms with van der Waals surface area (Å²) in [5, 5.41) is 9.95. The van der Waals surface area contributed by atoms with E-state index in [4.69, 9.17) is 4.74 Å². The fourth-order valence-corrected chi connectivity index (χ4v) is 2.13. The Labute approximate surface area is 104 Å². The number of nitrogens with zero attached hydrogens (tertiary/aromatic N) is 1. The fraction of sp³-hybridized carbons (Fsp3) is 0.643. The minimum atomic E-state index is -0.325. The molecule has 0 spiro atoms. The molecule has 0 saturated carbocycles. The van der Waals surface area contributed by atoms with E-state index in [2.05, 4.69) is 18.8 Å². The van der Waals surface area contributed by atoms with Crippen molar-refractivity contribution in [3.05, 3.63) is 23.0 Å². The monoisotopic (exact) mass is 237 g/mol. The summed E-state index contributed by atoms with van der Waals surface area (Å²) in [5.41, 5.74) is 3.00. The van der Waals surface area contributed by atoms with E-state index in [0.29, 0.717) is 12.3 Å². The lowest BCUT2D eigenvalue weighted by atomic mass is 9.99. The smallest absolute Gasteiger partial charge is 0.128 e. The van der Waals surface area contributed by atoms with Crippen molar-refractivity contribution < 1.29 is 9.84 Å². The molecule has 0 radical (unpaired) electrons. The number of aliphatic hydroxyl groups is 1. The van der Waals surface area contributed by atoms with Crippen LogP contribution in [-0.4, -0.2) is 23.3 Å². The molecule has 0 fully saturated rings. The second kappa shape index (κ2) is 6.01. The Morgan fingerprint density at radius 2 is 2.00 bits per heavy atom. The van der Waals surface area contributed by atoms with Crippen molar-refractivity contribution in [2.75, 3.05) is 7.11 Å². The molecule has 3 nitrogen and oxygen atoms in total. The molecule has 0 saturated heterocycles. The molecule has 1 N–H and O–H groups in total. The molecule has 1 heterocycles. The number of hydrogen-bond donors (Lipinski definition) is 1. The van der Waals surface area contributed by atoms with Gasteiger partial charge in [-0.05, 0) is 26.2 Å². The second-order valence-electron chi connectivity index (χ2n) is 5.03. The molecule has 1 atom stereocenters. The second-order valence-corrected chi connectivity index (χ2v) is 5.03. The quantitative estimate of drug-likeness (QED) is 0.856. The first-order valence-electron chi connectivity index (χ1n) is 6.12. The molecule has 1 unspecified atom stereocenters. The SMILES string of the molecule is COc1c(C)cnc(CC(O)CC(C)C)c1C. The maximum absolute atomic E-state index is 9.95. The van der Waals surface area contributed by atoms with Gasteiger partial charge in [-0.1, -0.05) is 13.8 Å². The highest BCUT2D eigenvalue weighted by Crippen LogP contribution is 2.25. The lowest BCUT2D eigenvalue weighted by molar-refractivity contribution is 0.147. The fourth-order valence-electron chi connectivity index (χ4n) is 2.13. The molecule has 0 aliphatic carbocycles.